The van der Waals surface area contributed by atoms with Crippen molar-refractivity contribution in [3.05, 3.63) is 35.1 Å². The average molecular weight is 264 g/mol. The van der Waals surface area contributed by atoms with E-state index in [1.54, 1.807) is 24.1 Å². The van der Waals surface area contributed by atoms with Gasteiger partial charge in [0.2, 0.25) is 0 Å². The highest BCUT2D eigenvalue weighted by Crippen LogP contribution is 2.18. The van der Waals surface area contributed by atoms with Gasteiger partial charge in [-0.25, -0.2) is 4.39 Å². The molecular weight excluding hydrogens is 243 g/mol. The van der Waals surface area contributed by atoms with Crippen LogP contribution in [0.25, 0.3) is 0 Å². The third-order valence-corrected chi connectivity index (χ3v) is 3.91. The molecule has 1 aliphatic rings. The van der Waals surface area contributed by atoms with Gasteiger partial charge in [-0.15, -0.1) is 0 Å². The van der Waals surface area contributed by atoms with Gasteiger partial charge in [-0.05, 0) is 57.6 Å². The number of carbonyl (C=O) groups is 1. The molecule has 1 saturated heterocycles. The summed E-state index contributed by atoms with van der Waals surface area (Å²) in [5.41, 5.74) is 1.00. The molecule has 0 bridgehead atoms. The molecule has 0 spiro atoms. The molecule has 0 saturated carbocycles. The fraction of sp³-hybridized carbons (Fsp3) is 0.533. The van der Waals surface area contributed by atoms with Gasteiger partial charge < -0.3 is 9.80 Å². The topological polar surface area (TPSA) is 23.6 Å². The summed E-state index contributed by atoms with van der Waals surface area (Å²) in [6.45, 7) is 3.79. The minimum atomic E-state index is -0.426. The van der Waals surface area contributed by atoms with Crippen LogP contribution in [0.15, 0.2) is 18.2 Å². The molecule has 1 fully saturated rings. The van der Waals surface area contributed by atoms with Crippen LogP contribution < -0.4 is 0 Å². The van der Waals surface area contributed by atoms with Crippen molar-refractivity contribution < 1.29 is 9.18 Å². The number of likely N-dealkylation sites (tertiary alicyclic amines) is 1. The molecule has 1 aliphatic heterocycles. The van der Waals surface area contributed by atoms with E-state index in [-0.39, 0.29) is 17.5 Å². The summed E-state index contributed by atoms with van der Waals surface area (Å²) in [4.78, 5) is 16.3. The van der Waals surface area contributed by atoms with Gasteiger partial charge in [0.25, 0.3) is 5.91 Å². The molecule has 0 radical (unpaired) electrons. The lowest BCUT2D eigenvalue weighted by Crippen LogP contribution is -2.44. The maximum absolute atomic E-state index is 13.8. The number of aryl methyl sites for hydroxylation is 1. The summed E-state index contributed by atoms with van der Waals surface area (Å²) in [6.07, 6.45) is 1.90. The predicted molar refractivity (Wildman–Crippen MR) is 73.7 cm³/mol. The van der Waals surface area contributed by atoms with E-state index in [9.17, 15) is 9.18 Å². The quantitative estimate of drug-likeness (QED) is 0.818. The first-order chi connectivity index (χ1) is 8.99. The van der Waals surface area contributed by atoms with Crippen LogP contribution in [-0.4, -0.2) is 48.9 Å². The molecule has 0 N–H and O–H groups in total. The second-order valence-electron chi connectivity index (χ2n) is 5.43. The van der Waals surface area contributed by atoms with Crippen LogP contribution >= 0.6 is 0 Å². The minimum absolute atomic E-state index is 0.173. The Hall–Kier alpha value is -1.42. The van der Waals surface area contributed by atoms with Crippen molar-refractivity contribution in [2.24, 2.45) is 0 Å². The lowest BCUT2D eigenvalue weighted by atomic mass is 10.0. The molecule has 0 aliphatic carbocycles. The van der Waals surface area contributed by atoms with Crippen LogP contribution in [0.2, 0.25) is 0 Å². The van der Waals surface area contributed by atoms with Gasteiger partial charge in [0.1, 0.15) is 5.82 Å². The first-order valence-corrected chi connectivity index (χ1v) is 6.71. The number of carbonyl (C=O) groups excluding carboxylic acids is 1. The van der Waals surface area contributed by atoms with Gasteiger partial charge in [0.15, 0.2) is 0 Å². The molecule has 1 amide bonds. The predicted octanol–water partition coefficient (Wildman–Crippen LogP) is 2.30. The largest absolute Gasteiger partial charge is 0.339 e. The van der Waals surface area contributed by atoms with Crippen LogP contribution in [-0.2, 0) is 0 Å². The Kier molecular flexibility index (Phi) is 4.20. The van der Waals surface area contributed by atoms with Crippen molar-refractivity contribution in [3.63, 3.8) is 0 Å². The lowest BCUT2D eigenvalue weighted by molar-refractivity contribution is 0.0655. The van der Waals surface area contributed by atoms with Crippen molar-refractivity contribution in [2.75, 3.05) is 27.2 Å². The third kappa shape index (κ3) is 3.13. The second-order valence-corrected chi connectivity index (χ2v) is 5.43. The van der Waals surface area contributed by atoms with Crippen molar-refractivity contribution in [1.82, 2.24) is 9.80 Å². The molecule has 0 atom stereocenters. The van der Waals surface area contributed by atoms with E-state index < -0.39 is 5.82 Å². The highest BCUT2D eigenvalue weighted by atomic mass is 19.1. The Morgan fingerprint density at radius 2 is 2.00 bits per heavy atom. The van der Waals surface area contributed by atoms with Gasteiger partial charge in [-0.2, -0.15) is 0 Å². The summed E-state index contributed by atoms with van der Waals surface area (Å²) < 4.78 is 13.8. The molecule has 0 aromatic heterocycles. The Morgan fingerprint density at radius 3 is 2.58 bits per heavy atom. The Labute approximate surface area is 114 Å². The van der Waals surface area contributed by atoms with E-state index >= 15 is 0 Å². The SMILES string of the molecule is Cc1ccc(C(=O)N(C)C2CCN(C)CC2)c(F)c1. The fourth-order valence-electron chi connectivity index (χ4n) is 2.53. The van der Waals surface area contributed by atoms with Crippen LogP contribution in [0.1, 0.15) is 28.8 Å². The molecule has 0 unspecified atom stereocenters. The zero-order valence-electron chi connectivity index (χ0n) is 11.8. The molecule has 1 aromatic carbocycles. The Bertz CT molecular complexity index is 467. The van der Waals surface area contributed by atoms with E-state index in [4.69, 9.17) is 0 Å². The monoisotopic (exact) mass is 264 g/mol. The summed E-state index contributed by atoms with van der Waals surface area (Å²) in [7, 11) is 3.86. The van der Waals surface area contributed by atoms with Crippen LogP contribution in [0.4, 0.5) is 4.39 Å². The van der Waals surface area contributed by atoms with Gasteiger partial charge in [0.05, 0.1) is 5.56 Å². The molecule has 1 aromatic rings. The van der Waals surface area contributed by atoms with Crippen LogP contribution in [0.3, 0.4) is 0 Å². The van der Waals surface area contributed by atoms with Gasteiger partial charge in [-0.1, -0.05) is 6.07 Å². The van der Waals surface area contributed by atoms with Crippen molar-refractivity contribution in [3.8, 4) is 0 Å². The number of hydrogen-bond acceptors (Lipinski definition) is 2. The van der Waals surface area contributed by atoms with Gasteiger partial charge in [0, 0.05) is 13.1 Å². The third-order valence-electron chi connectivity index (χ3n) is 3.91. The van der Waals surface area contributed by atoms with E-state index in [0.29, 0.717) is 0 Å². The van der Waals surface area contributed by atoms with Crippen LogP contribution in [0.5, 0.6) is 0 Å². The average Bonchev–Trinajstić information content (AvgIpc) is 2.38. The minimum Gasteiger partial charge on any atom is -0.339 e. The Morgan fingerprint density at radius 1 is 1.37 bits per heavy atom. The van der Waals surface area contributed by atoms with Crippen molar-refractivity contribution in [2.45, 2.75) is 25.8 Å². The highest BCUT2D eigenvalue weighted by molar-refractivity contribution is 5.94. The first kappa shape index (κ1) is 14.0. The van der Waals surface area contributed by atoms with E-state index in [1.807, 2.05) is 6.92 Å². The summed E-state index contributed by atoms with van der Waals surface area (Å²) in [5.74, 6) is -0.642. The summed E-state index contributed by atoms with van der Waals surface area (Å²) >= 11 is 0. The van der Waals surface area contributed by atoms with E-state index in [0.717, 1.165) is 31.5 Å². The zero-order chi connectivity index (χ0) is 14.0. The highest BCUT2D eigenvalue weighted by Gasteiger charge is 2.26. The number of piperidine rings is 1. The van der Waals surface area contributed by atoms with Crippen molar-refractivity contribution in [1.29, 1.82) is 0 Å². The molecule has 104 valence electrons. The number of nitrogens with zero attached hydrogens (tertiary/aromatic N) is 2. The lowest BCUT2D eigenvalue weighted by Gasteiger charge is -2.35. The standard InChI is InChI=1S/C15H21FN2O/c1-11-4-5-13(14(16)10-11)15(19)18(3)12-6-8-17(2)9-7-12/h4-5,10,12H,6-9H2,1-3H3. The zero-order valence-corrected chi connectivity index (χ0v) is 11.8. The molecule has 4 heteroatoms. The maximum Gasteiger partial charge on any atom is 0.256 e. The van der Waals surface area contributed by atoms with E-state index in [1.165, 1.54) is 6.07 Å². The molecule has 2 rings (SSSR count). The first-order valence-electron chi connectivity index (χ1n) is 6.71. The maximum atomic E-state index is 13.8. The van der Waals surface area contributed by atoms with E-state index in [2.05, 4.69) is 11.9 Å². The van der Waals surface area contributed by atoms with Crippen molar-refractivity contribution >= 4 is 5.91 Å². The molecule has 3 nitrogen and oxygen atoms in total. The fourth-order valence-corrected chi connectivity index (χ4v) is 2.53. The molecule has 1 heterocycles. The van der Waals surface area contributed by atoms with Gasteiger partial charge >= 0.3 is 0 Å². The van der Waals surface area contributed by atoms with Crippen LogP contribution in [0, 0.1) is 12.7 Å². The molecular formula is C15H21FN2O. The summed E-state index contributed by atoms with van der Waals surface area (Å²) in [5, 5.41) is 0. The number of hydrogen-bond donors (Lipinski definition) is 0. The number of rotatable bonds is 2. The summed E-state index contributed by atoms with van der Waals surface area (Å²) in [6, 6.07) is 4.98. The second kappa shape index (κ2) is 5.70. The molecule has 19 heavy (non-hydrogen) atoms. The smallest absolute Gasteiger partial charge is 0.256 e. The van der Waals surface area contributed by atoms with Gasteiger partial charge in [-0.3, -0.25) is 4.79 Å². The Balaban J connectivity index is 2.10. The number of benzene rings is 1. The number of amides is 1. The normalized spacial score (nSPS) is 17.5. The number of halogens is 1.